The second-order valence-corrected chi connectivity index (χ2v) is 5.30. The molecular weight excluding hydrogens is 228 g/mol. The lowest BCUT2D eigenvalue weighted by molar-refractivity contribution is -0.0261. The maximum Gasteiger partial charge on any atom is 0.188 e. The van der Waals surface area contributed by atoms with E-state index in [9.17, 15) is 0 Å². The molecular formula is C13H28N4O. The molecule has 1 atom stereocenters. The molecule has 0 spiro atoms. The fourth-order valence-electron chi connectivity index (χ4n) is 2.08. The summed E-state index contributed by atoms with van der Waals surface area (Å²) in [7, 11) is 0. The van der Waals surface area contributed by atoms with Crippen molar-refractivity contribution < 1.29 is 4.74 Å². The number of aliphatic imine (C=N–C) groups is 1. The van der Waals surface area contributed by atoms with E-state index in [2.05, 4.69) is 36.0 Å². The predicted molar refractivity (Wildman–Crippen MR) is 75.8 cm³/mol. The molecule has 1 aliphatic rings. The third kappa shape index (κ3) is 6.21. The Morgan fingerprint density at radius 1 is 1.56 bits per heavy atom. The van der Waals surface area contributed by atoms with Crippen LogP contribution in [0.1, 0.15) is 27.2 Å². The quantitative estimate of drug-likeness (QED) is 0.541. The largest absolute Gasteiger partial charge is 0.374 e. The van der Waals surface area contributed by atoms with Crippen LogP contribution in [0.4, 0.5) is 0 Å². The van der Waals surface area contributed by atoms with Crippen LogP contribution in [-0.4, -0.2) is 56.3 Å². The molecule has 0 aromatic carbocycles. The lowest BCUT2D eigenvalue weighted by Gasteiger charge is -2.33. The summed E-state index contributed by atoms with van der Waals surface area (Å²) in [4.78, 5) is 6.78. The zero-order valence-corrected chi connectivity index (χ0v) is 12.0. The predicted octanol–water partition coefficient (Wildman–Crippen LogP) is 0.658. The number of ether oxygens (including phenoxy) is 1. The van der Waals surface area contributed by atoms with Crippen molar-refractivity contribution in [2.24, 2.45) is 16.6 Å². The number of morpholine rings is 1. The van der Waals surface area contributed by atoms with E-state index in [0.29, 0.717) is 18.4 Å². The number of guanidine groups is 1. The third-order valence-corrected chi connectivity index (χ3v) is 2.87. The first-order valence-corrected chi connectivity index (χ1v) is 6.99. The van der Waals surface area contributed by atoms with Crippen molar-refractivity contribution in [3.63, 3.8) is 0 Å². The summed E-state index contributed by atoms with van der Waals surface area (Å²) in [5, 5.41) is 3.07. The van der Waals surface area contributed by atoms with E-state index in [1.807, 2.05) is 0 Å². The van der Waals surface area contributed by atoms with Gasteiger partial charge in [0.25, 0.3) is 0 Å². The molecule has 18 heavy (non-hydrogen) atoms. The highest BCUT2D eigenvalue weighted by molar-refractivity contribution is 5.77. The number of nitrogens with one attached hydrogen (secondary N) is 1. The molecule has 1 heterocycles. The van der Waals surface area contributed by atoms with Gasteiger partial charge in [0.1, 0.15) is 0 Å². The van der Waals surface area contributed by atoms with Gasteiger partial charge in [-0.2, -0.15) is 0 Å². The molecule has 5 nitrogen and oxygen atoms in total. The Labute approximate surface area is 111 Å². The van der Waals surface area contributed by atoms with Gasteiger partial charge in [0.15, 0.2) is 5.96 Å². The van der Waals surface area contributed by atoms with Crippen molar-refractivity contribution in [2.45, 2.75) is 33.3 Å². The minimum Gasteiger partial charge on any atom is -0.374 e. The molecule has 1 saturated heterocycles. The van der Waals surface area contributed by atoms with Crippen molar-refractivity contribution >= 4 is 5.96 Å². The minimum absolute atomic E-state index is 0.180. The van der Waals surface area contributed by atoms with Crippen LogP contribution in [0.15, 0.2) is 4.99 Å². The highest BCUT2D eigenvalue weighted by atomic mass is 16.5. The summed E-state index contributed by atoms with van der Waals surface area (Å²) in [5.74, 6) is 1.23. The summed E-state index contributed by atoms with van der Waals surface area (Å²) in [6.45, 7) is 12.0. The van der Waals surface area contributed by atoms with Gasteiger partial charge in [-0.05, 0) is 12.3 Å². The number of hydrogen-bond donors (Lipinski definition) is 2. The molecule has 5 heteroatoms. The Morgan fingerprint density at radius 2 is 2.33 bits per heavy atom. The van der Waals surface area contributed by atoms with Crippen LogP contribution in [0, 0.1) is 5.92 Å². The van der Waals surface area contributed by atoms with Crippen LogP contribution >= 0.6 is 0 Å². The highest BCUT2D eigenvalue weighted by Gasteiger charge is 2.20. The van der Waals surface area contributed by atoms with Crippen LogP contribution in [0.2, 0.25) is 0 Å². The van der Waals surface area contributed by atoms with E-state index < -0.39 is 0 Å². The number of nitrogens with zero attached hydrogens (tertiary/aromatic N) is 2. The fraction of sp³-hybridized carbons (Fsp3) is 0.923. The van der Waals surface area contributed by atoms with E-state index >= 15 is 0 Å². The first-order valence-electron chi connectivity index (χ1n) is 6.99. The average molecular weight is 256 g/mol. The molecule has 3 N–H and O–H groups in total. The lowest BCUT2D eigenvalue weighted by Crippen LogP contribution is -2.45. The summed E-state index contributed by atoms with van der Waals surface area (Å²) < 4.78 is 5.71. The van der Waals surface area contributed by atoms with Gasteiger partial charge in [0.05, 0.1) is 19.3 Å². The maximum atomic E-state index is 5.76. The van der Waals surface area contributed by atoms with Crippen LogP contribution < -0.4 is 11.1 Å². The molecule has 106 valence electrons. The van der Waals surface area contributed by atoms with Gasteiger partial charge >= 0.3 is 0 Å². The molecule has 0 aromatic heterocycles. The maximum absolute atomic E-state index is 5.76. The van der Waals surface area contributed by atoms with Crippen molar-refractivity contribution in [1.29, 1.82) is 0 Å². The Bertz CT molecular complexity index is 255. The molecule has 0 amide bonds. The smallest absolute Gasteiger partial charge is 0.188 e. The van der Waals surface area contributed by atoms with Crippen LogP contribution in [0.5, 0.6) is 0 Å². The van der Waals surface area contributed by atoms with Crippen molar-refractivity contribution in [3.8, 4) is 0 Å². The van der Waals surface area contributed by atoms with E-state index in [4.69, 9.17) is 10.5 Å². The summed E-state index contributed by atoms with van der Waals surface area (Å²) >= 11 is 0. The van der Waals surface area contributed by atoms with Crippen LogP contribution in [0.3, 0.4) is 0 Å². The number of rotatable bonds is 6. The number of hydrogen-bond acceptors (Lipinski definition) is 3. The van der Waals surface area contributed by atoms with Gasteiger partial charge in [-0.1, -0.05) is 20.8 Å². The molecule has 0 radical (unpaired) electrons. The fourth-order valence-corrected chi connectivity index (χ4v) is 2.08. The standard InChI is InChI=1S/C13H28N4O/c1-4-5-15-13(14)16-8-12-10-17(6-7-18-12)9-11(2)3/h11-12H,4-10H2,1-3H3,(H3,14,15,16). The Morgan fingerprint density at radius 3 is 3.00 bits per heavy atom. The van der Waals surface area contributed by atoms with E-state index in [1.54, 1.807) is 0 Å². The zero-order chi connectivity index (χ0) is 13.4. The van der Waals surface area contributed by atoms with Gasteiger partial charge in [-0.15, -0.1) is 0 Å². The average Bonchev–Trinajstić information content (AvgIpc) is 2.33. The van der Waals surface area contributed by atoms with E-state index in [0.717, 1.165) is 39.2 Å². The van der Waals surface area contributed by atoms with Crippen LogP contribution in [0.25, 0.3) is 0 Å². The third-order valence-electron chi connectivity index (χ3n) is 2.87. The second kappa shape index (κ2) is 8.32. The second-order valence-electron chi connectivity index (χ2n) is 5.30. The number of nitrogens with two attached hydrogens (primary N) is 1. The minimum atomic E-state index is 0.180. The SMILES string of the molecule is CCCNC(N)=NCC1CN(CC(C)C)CCO1. The van der Waals surface area contributed by atoms with Crippen molar-refractivity contribution in [3.05, 3.63) is 0 Å². The molecule has 0 saturated carbocycles. The lowest BCUT2D eigenvalue weighted by atomic mass is 10.2. The highest BCUT2D eigenvalue weighted by Crippen LogP contribution is 2.08. The van der Waals surface area contributed by atoms with Gasteiger partial charge < -0.3 is 15.8 Å². The molecule has 0 aliphatic carbocycles. The first kappa shape index (κ1) is 15.2. The van der Waals surface area contributed by atoms with Gasteiger partial charge in [0.2, 0.25) is 0 Å². The van der Waals surface area contributed by atoms with Gasteiger partial charge in [-0.3, -0.25) is 9.89 Å². The first-order chi connectivity index (χ1) is 8.61. The van der Waals surface area contributed by atoms with Gasteiger partial charge in [0, 0.05) is 26.2 Å². The topological polar surface area (TPSA) is 62.9 Å². The monoisotopic (exact) mass is 256 g/mol. The Balaban J connectivity index is 2.29. The zero-order valence-electron chi connectivity index (χ0n) is 12.0. The summed E-state index contributed by atoms with van der Waals surface area (Å²) in [5.41, 5.74) is 5.76. The molecule has 1 aliphatic heterocycles. The van der Waals surface area contributed by atoms with Gasteiger partial charge in [-0.25, -0.2) is 0 Å². The molecule has 0 bridgehead atoms. The van der Waals surface area contributed by atoms with Crippen molar-refractivity contribution in [2.75, 3.05) is 39.3 Å². The molecule has 1 unspecified atom stereocenters. The van der Waals surface area contributed by atoms with Crippen molar-refractivity contribution in [1.82, 2.24) is 10.2 Å². The summed E-state index contributed by atoms with van der Waals surface area (Å²) in [6.07, 6.45) is 1.23. The van der Waals surface area contributed by atoms with Crippen LogP contribution in [-0.2, 0) is 4.74 Å². The van der Waals surface area contributed by atoms with E-state index in [-0.39, 0.29) is 6.10 Å². The molecule has 1 rings (SSSR count). The Kier molecular flexibility index (Phi) is 7.05. The molecule has 1 fully saturated rings. The molecule has 0 aromatic rings. The summed E-state index contributed by atoms with van der Waals surface area (Å²) in [6, 6.07) is 0. The Hall–Kier alpha value is -0.810. The van der Waals surface area contributed by atoms with E-state index in [1.165, 1.54) is 0 Å². The normalized spacial score (nSPS) is 22.4.